The number of nitrogens with zero attached hydrogens (tertiary/aromatic N) is 2. The van der Waals surface area contributed by atoms with E-state index in [0.717, 1.165) is 35.3 Å². The van der Waals surface area contributed by atoms with Crippen molar-refractivity contribution in [1.82, 2.24) is 21.1 Å². The number of aromatic nitrogens is 1. The Kier molecular flexibility index (Phi) is 4.43. The fourth-order valence-electron chi connectivity index (χ4n) is 4.85. The summed E-state index contributed by atoms with van der Waals surface area (Å²) in [5.74, 6) is 2.03. The van der Waals surface area contributed by atoms with Crippen LogP contribution in [0.15, 0.2) is 41.5 Å². The van der Waals surface area contributed by atoms with E-state index in [1.165, 1.54) is 17.3 Å². The van der Waals surface area contributed by atoms with Crippen LogP contribution in [0.3, 0.4) is 0 Å². The fourth-order valence-corrected chi connectivity index (χ4v) is 4.85. The van der Waals surface area contributed by atoms with E-state index in [0.29, 0.717) is 17.4 Å². The smallest absolute Gasteiger partial charge is 0.142 e. The topological polar surface area (TPSA) is 73.6 Å². The number of aryl methyl sites for hydroxylation is 1. The Hall–Kier alpha value is -3.06. The van der Waals surface area contributed by atoms with Crippen molar-refractivity contribution in [2.24, 2.45) is 11.0 Å². The number of nitrogens with one attached hydrogen (secondary N) is 3. The summed E-state index contributed by atoms with van der Waals surface area (Å²) in [4.78, 5) is 0. The number of hydrazine groups is 2. The Morgan fingerprint density at radius 2 is 1.93 bits per heavy atom. The van der Waals surface area contributed by atoms with Gasteiger partial charge in [-0.1, -0.05) is 13.8 Å². The van der Waals surface area contributed by atoms with E-state index in [9.17, 15) is 9.50 Å². The van der Waals surface area contributed by atoms with Crippen LogP contribution in [0.4, 0.5) is 4.39 Å². The first-order valence-corrected chi connectivity index (χ1v) is 10.4. The summed E-state index contributed by atoms with van der Waals surface area (Å²) < 4.78 is 16.2. The van der Waals surface area contributed by atoms with Crippen LogP contribution in [0.2, 0.25) is 0 Å². The summed E-state index contributed by atoms with van der Waals surface area (Å²) in [6, 6.07) is 10.8. The Balaban J connectivity index is 1.67. The Bertz CT molecular complexity index is 1160. The summed E-state index contributed by atoms with van der Waals surface area (Å²) in [5.41, 5.74) is 13.7. The second kappa shape index (κ2) is 7.02. The number of fused-ring (bicyclic) bond motifs is 1. The first-order chi connectivity index (χ1) is 14.4. The quantitative estimate of drug-likeness (QED) is 0.520. The van der Waals surface area contributed by atoms with Gasteiger partial charge in [-0.05, 0) is 79.1 Å². The maximum atomic E-state index is 14.0. The molecule has 1 aliphatic heterocycles. The van der Waals surface area contributed by atoms with E-state index in [-0.39, 0.29) is 17.5 Å². The van der Waals surface area contributed by atoms with Crippen molar-refractivity contribution >= 4 is 16.7 Å². The molecule has 156 valence electrons. The third-order valence-corrected chi connectivity index (χ3v) is 6.33. The highest BCUT2D eigenvalue weighted by Gasteiger charge is 2.39. The lowest BCUT2D eigenvalue weighted by Gasteiger charge is -2.36. The molecule has 0 spiro atoms. The number of rotatable bonds is 4. The number of hydrogen-bond acceptors (Lipinski definition) is 5. The van der Waals surface area contributed by atoms with E-state index in [1.807, 2.05) is 24.3 Å². The Morgan fingerprint density at radius 3 is 2.60 bits per heavy atom. The zero-order valence-corrected chi connectivity index (χ0v) is 17.3. The molecular weight excluding hydrogens is 381 g/mol. The van der Waals surface area contributed by atoms with E-state index < -0.39 is 0 Å². The van der Waals surface area contributed by atoms with Crippen molar-refractivity contribution in [2.75, 3.05) is 0 Å². The molecule has 0 bridgehead atoms. The third kappa shape index (κ3) is 2.92. The van der Waals surface area contributed by atoms with Crippen LogP contribution < -0.4 is 16.5 Å². The largest absolute Gasteiger partial charge is 0.508 e. The number of hydrazone groups is 1. The molecule has 0 radical (unpaired) electrons. The summed E-state index contributed by atoms with van der Waals surface area (Å²) in [7, 11) is 0. The third-order valence-electron chi connectivity index (χ3n) is 6.33. The van der Waals surface area contributed by atoms with Crippen LogP contribution in [0.25, 0.3) is 16.6 Å². The van der Waals surface area contributed by atoms with Crippen LogP contribution in [-0.4, -0.2) is 15.5 Å². The summed E-state index contributed by atoms with van der Waals surface area (Å²) >= 11 is 0. The van der Waals surface area contributed by atoms with Crippen LogP contribution in [-0.2, 0) is 0 Å². The standard InChI is InChI=1S/C23H26FN5O/c1-12(2)22-21(14-9-15(10-14)23-25-27-28-26-23)18-11-17(30)5-7-20(18)29(22)16-4-6-19(24)13(3)8-16/h4-8,11-12,14-15,27-28,30H,9-10H2,1-3H3,(H,25,26). The fraction of sp³-hybridized carbons (Fsp3) is 0.348. The lowest BCUT2D eigenvalue weighted by Crippen LogP contribution is -2.41. The van der Waals surface area contributed by atoms with Crippen molar-refractivity contribution in [3.8, 4) is 11.4 Å². The normalized spacial score (nSPS) is 20.8. The molecule has 30 heavy (non-hydrogen) atoms. The lowest BCUT2D eigenvalue weighted by molar-refractivity contribution is 0.337. The van der Waals surface area contributed by atoms with E-state index in [1.54, 1.807) is 13.0 Å². The number of hydrogen-bond donors (Lipinski definition) is 4. The van der Waals surface area contributed by atoms with E-state index in [2.05, 4.69) is 40.0 Å². The second-order valence-corrected chi connectivity index (χ2v) is 8.65. The Labute approximate surface area is 174 Å². The SMILES string of the molecule is Cc1cc(-n2c(C(C)C)c(C3CC(C4=NNNN4)C3)c3cc(O)ccc32)ccc1F. The maximum Gasteiger partial charge on any atom is 0.142 e. The van der Waals surface area contributed by atoms with Crippen molar-refractivity contribution in [1.29, 1.82) is 0 Å². The molecule has 0 unspecified atom stereocenters. The summed E-state index contributed by atoms with van der Waals surface area (Å²) in [5, 5.41) is 15.6. The highest BCUT2D eigenvalue weighted by Crippen LogP contribution is 2.49. The highest BCUT2D eigenvalue weighted by molar-refractivity contribution is 5.91. The number of phenolic OH excluding ortho intramolecular Hbond substituents is 1. The molecule has 2 aromatic carbocycles. The maximum absolute atomic E-state index is 14.0. The molecule has 1 fully saturated rings. The van der Waals surface area contributed by atoms with Gasteiger partial charge in [0, 0.05) is 22.7 Å². The molecule has 2 aliphatic rings. The molecule has 0 amide bonds. The average Bonchev–Trinajstić information content (AvgIpc) is 3.30. The first-order valence-electron chi connectivity index (χ1n) is 10.4. The van der Waals surface area contributed by atoms with Crippen LogP contribution in [0.1, 0.15) is 55.3 Å². The van der Waals surface area contributed by atoms with Crippen LogP contribution >= 0.6 is 0 Å². The van der Waals surface area contributed by atoms with Gasteiger partial charge in [-0.3, -0.25) is 5.43 Å². The van der Waals surface area contributed by atoms with Crippen LogP contribution in [0, 0.1) is 18.7 Å². The van der Waals surface area contributed by atoms with Gasteiger partial charge in [0.25, 0.3) is 0 Å². The highest BCUT2D eigenvalue weighted by atomic mass is 19.1. The Morgan fingerprint density at radius 1 is 1.13 bits per heavy atom. The van der Waals surface area contributed by atoms with Crippen molar-refractivity contribution in [2.45, 2.75) is 45.4 Å². The zero-order chi connectivity index (χ0) is 21.0. The first kappa shape index (κ1) is 18.9. The van der Waals surface area contributed by atoms with Gasteiger partial charge in [-0.15, -0.1) is 10.6 Å². The molecule has 4 N–H and O–H groups in total. The lowest BCUT2D eigenvalue weighted by atomic mass is 9.69. The van der Waals surface area contributed by atoms with Crippen LogP contribution in [0.5, 0.6) is 5.75 Å². The van der Waals surface area contributed by atoms with E-state index in [4.69, 9.17) is 0 Å². The molecule has 6 nitrogen and oxygen atoms in total. The van der Waals surface area contributed by atoms with Gasteiger partial charge in [0.2, 0.25) is 0 Å². The predicted octanol–water partition coefficient (Wildman–Crippen LogP) is 4.33. The molecule has 5 rings (SSSR count). The molecule has 1 aromatic heterocycles. The number of aromatic hydroxyl groups is 1. The van der Waals surface area contributed by atoms with Gasteiger partial charge < -0.3 is 9.67 Å². The predicted molar refractivity (Wildman–Crippen MR) is 116 cm³/mol. The summed E-state index contributed by atoms with van der Waals surface area (Å²) in [6.45, 7) is 6.17. The minimum atomic E-state index is -0.201. The van der Waals surface area contributed by atoms with Crippen molar-refractivity contribution in [3.63, 3.8) is 0 Å². The molecule has 0 saturated heterocycles. The minimum absolute atomic E-state index is 0.201. The second-order valence-electron chi connectivity index (χ2n) is 8.65. The van der Waals surface area contributed by atoms with Gasteiger partial charge in [-0.25, -0.2) is 9.93 Å². The minimum Gasteiger partial charge on any atom is -0.508 e. The number of benzene rings is 2. The molecule has 1 saturated carbocycles. The molecule has 2 heterocycles. The average molecular weight is 407 g/mol. The molecule has 7 heteroatoms. The monoisotopic (exact) mass is 407 g/mol. The van der Waals surface area contributed by atoms with Gasteiger partial charge in [-0.2, -0.15) is 0 Å². The van der Waals surface area contributed by atoms with Gasteiger partial charge in [0.15, 0.2) is 0 Å². The van der Waals surface area contributed by atoms with Crippen molar-refractivity contribution in [3.05, 3.63) is 59.0 Å². The molecule has 0 atom stereocenters. The van der Waals surface area contributed by atoms with E-state index >= 15 is 0 Å². The molecular formula is C23H26FN5O. The van der Waals surface area contributed by atoms with Gasteiger partial charge in [0.05, 0.1) is 5.52 Å². The molecule has 1 aliphatic carbocycles. The van der Waals surface area contributed by atoms with Crippen molar-refractivity contribution < 1.29 is 9.50 Å². The number of phenols is 1. The van der Waals surface area contributed by atoms with Gasteiger partial charge in [0.1, 0.15) is 17.4 Å². The number of amidine groups is 1. The van der Waals surface area contributed by atoms with Gasteiger partial charge >= 0.3 is 0 Å². The number of halogens is 1. The molecule has 3 aromatic rings. The zero-order valence-electron chi connectivity index (χ0n) is 17.3. The summed E-state index contributed by atoms with van der Waals surface area (Å²) in [6.07, 6.45) is 1.98.